The zero-order valence-corrected chi connectivity index (χ0v) is 19.6. The van der Waals surface area contributed by atoms with E-state index in [1.807, 2.05) is 24.3 Å². The minimum atomic E-state index is 0. The molecule has 0 saturated carbocycles. The summed E-state index contributed by atoms with van der Waals surface area (Å²) < 4.78 is 5.65. The summed E-state index contributed by atoms with van der Waals surface area (Å²) in [6.07, 6.45) is 2.53. The van der Waals surface area contributed by atoms with E-state index < -0.39 is 0 Å². The van der Waals surface area contributed by atoms with E-state index in [4.69, 9.17) is 15.0 Å². The predicted molar refractivity (Wildman–Crippen MR) is 125 cm³/mol. The summed E-state index contributed by atoms with van der Waals surface area (Å²) >= 11 is 0. The van der Waals surface area contributed by atoms with E-state index in [0.29, 0.717) is 24.3 Å². The summed E-state index contributed by atoms with van der Waals surface area (Å²) in [5.74, 6) is 0.864. The molecule has 2 N–H and O–H groups in total. The van der Waals surface area contributed by atoms with E-state index in [0.717, 1.165) is 57.2 Å². The minimum Gasteiger partial charge on any atom is -0.377 e. The molecule has 0 unspecified atom stereocenters. The molecule has 156 valence electrons. The molecule has 28 heavy (non-hydrogen) atoms. The molecule has 1 aliphatic heterocycles. The van der Waals surface area contributed by atoms with Crippen molar-refractivity contribution in [2.45, 2.75) is 52.3 Å². The van der Waals surface area contributed by atoms with Gasteiger partial charge in [0.2, 0.25) is 0 Å². The maximum absolute atomic E-state index is 8.88. The van der Waals surface area contributed by atoms with Crippen molar-refractivity contribution in [2.24, 2.45) is 4.99 Å². The lowest BCUT2D eigenvalue weighted by Crippen LogP contribution is -2.49. The molecule has 6 nitrogen and oxygen atoms in total. The average Bonchev–Trinajstić information content (AvgIpc) is 2.68. The highest BCUT2D eigenvalue weighted by Crippen LogP contribution is 2.10. The number of rotatable bonds is 8. The van der Waals surface area contributed by atoms with Gasteiger partial charge in [0.25, 0.3) is 0 Å². The van der Waals surface area contributed by atoms with Crippen LogP contribution in [0.5, 0.6) is 0 Å². The van der Waals surface area contributed by atoms with E-state index in [-0.39, 0.29) is 24.0 Å². The molecule has 0 bridgehead atoms. The molecule has 0 atom stereocenters. The number of guanidine groups is 1. The minimum absolute atomic E-state index is 0. The van der Waals surface area contributed by atoms with Gasteiger partial charge in [-0.3, -0.25) is 0 Å². The molecule has 1 aromatic carbocycles. The maximum Gasteiger partial charge on any atom is 0.191 e. The van der Waals surface area contributed by atoms with Crippen LogP contribution in [0.25, 0.3) is 0 Å². The van der Waals surface area contributed by atoms with Crippen LogP contribution in [0.1, 0.15) is 44.7 Å². The largest absolute Gasteiger partial charge is 0.377 e. The van der Waals surface area contributed by atoms with Gasteiger partial charge in [0.15, 0.2) is 5.96 Å². The van der Waals surface area contributed by atoms with Crippen molar-refractivity contribution in [3.63, 3.8) is 0 Å². The van der Waals surface area contributed by atoms with Crippen LogP contribution in [0, 0.1) is 11.3 Å². The molecular formula is C21H34IN5O. The molecule has 1 saturated heterocycles. The van der Waals surface area contributed by atoms with Crippen molar-refractivity contribution >= 4 is 29.9 Å². The third-order valence-corrected chi connectivity index (χ3v) is 4.63. The molecular weight excluding hydrogens is 465 g/mol. The molecule has 0 radical (unpaired) electrons. The van der Waals surface area contributed by atoms with E-state index in [9.17, 15) is 0 Å². The molecule has 0 aromatic heterocycles. The SMILES string of the molecule is CCNC(=NCc1ccc(C#N)cc1)NC1CCN(CCOC(C)C)CC1.I. The summed E-state index contributed by atoms with van der Waals surface area (Å²) in [5, 5.41) is 15.8. The van der Waals surface area contributed by atoms with E-state index in [1.165, 1.54) is 0 Å². The van der Waals surface area contributed by atoms with Gasteiger partial charge in [0.1, 0.15) is 0 Å². The first-order valence-corrected chi connectivity index (χ1v) is 9.98. The molecule has 0 aliphatic carbocycles. The topological polar surface area (TPSA) is 72.7 Å². The van der Waals surface area contributed by atoms with Crippen LogP contribution >= 0.6 is 24.0 Å². The van der Waals surface area contributed by atoms with Crippen LogP contribution in [0.3, 0.4) is 0 Å². The van der Waals surface area contributed by atoms with Gasteiger partial charge < -0.3 is 20.3 Å². The van der Waals surface area contributed by atoms with Crippen molar-refractivity contribution in [1.82, 2.24) is 15.5 Å². The molecule has 1 heterocycles. The lowest BCUT2D eigenvalue weighted by Gasteiger charge is -2.33. The van der Waals surface area contributed by atoms with Gasteiger partial charge in [-0.05, 0) is 51.3 Å². The first-order valence-electron chi connectivity index (χ1n) is 9.98. The Bertz CT molecular complexity index is 619. The lowest BCUT2D eigenvalue weighted by molar-refractivity contribution is 0.0532. The number of piperidine rings is 1. The van der Waals surface area contributed by atoms with Gasteiger partial charge in [0.05, 0.1) is 30.9 Å². The Balaban J connectivity index is 0.00000392. The molecule has 1 fully saturated rings. The Morgan fingerprint density at radius 3 is 2.54 bits per heavy atom. The van der Waals surface area contributed by atoms with Crippen LogP contribution in [-0.2, 0) is 11.3 Å². The fraction of sp³-hybridized carbons (Fsp3) is 0.619. The highest BCUT2D eigenvalue weighted by atomic mass is 127. The van der Waals surface area contributed by atoms with Crippen LogP contribution < -0.4 is 10.6 Å². The van der Waals surface area contributed by atoms with Crippen LogP contribution in [-0.4, -0.2) is 55.8 Å². The van der Waals surface area contributed by atoms with Gasteiger partial charge in [-0.25, -0.2) is 4.99 Å². The first-order chi connectivity index (χ1) is 13.1. The van der Waals surface area contributed by atoms with Gasteiger partial charge in [-0.1, -0.05) is 12.1 Å². The van der Waals surface area contributed by atoms with Crippen LogP contribution in [0.2, 0.25) is 0 Å². The molecule has 1 aromatic rings. The third kappa shape index (κ3) is 9.22. The Labute approximate surface area is 186 Å². The molecule has 1 aliphatic rings. The number of hydrogen-bond donors (Lipinski definition) is 2. The Kier molecular flexibility index (Phi) is 12.1. The van der Waals surface area contributed by atoms with Crippen molar-refractivity contribution in [2.75, 3.05) is 32.8 Å². The van der Waals surface area contributed by atoms with Gasteiger partial charge in [-0.2, -0.15) is 5.26 Å². The third-order valence-electron chi connectivity index (χ3n) is 4.63. The second-order valence-electron chi connectivity index (χ2n) is 7.18. The monoisotopic (exact) mass is 499 g/mol. The number of nitrogens with zero attached hydrogens (tertiary/aromatic N) is 3. The molecule has 2 rings (SSSR count). The number of aliphatic imine (C=N–C) groups is 1. The molecule has 0 amide bonds. The molecule has 0 spiro atoms. The van der Waals surface area contributed by atoms with Crippen LogP contribution in [0.15, 0.2) is 29.3 Å². The first kappa shape index (κ1) is 24.7. The highest BCUT2D eigenvalue weighted by Gasteiger charge is 2.19. The number of ether oxygens (including phenoxy) is 1. The maximum atomic E-state index is 8.88. The summed E-state index contributed by atoms with van der Waals surface area (Å²) in [6.45, 7) is 11.7. The Morgan fingerprint density at radius 1 is 1.29 bits per heavy atom. The quantitative estimate of drug-likeness (QED) is 0.327. The number of nitrogens with one attached hydrogen (secondary N) is 2. The van der Waals surface area contributed by atoms with Gasteiger partial charge >= 0.3 is 0 Å². The standard InChI is InChI=1S/C21H33N5O.HI/c1-4-23-21(24-16-19-7-5-18(15-22)6-8-19)25-20-9-11-26(12-10-20)13-14-27-17(2)3;/h5-8,17,20H,4,9-14,16H2,1-3H3,(H2,23,24,25);1H. The average molecular weight is 499 g/mol. The van der Waals surface area contributed by atoms with Crippen molar-refractivity contribution < 1.29 is 4.74 Å². The van der Waals surface area contributed by atoms with E-state index >= 15 is 0 Å². The van der Waals surface area contributed by atoms with Gasteiger partial charge in [-0.15, -0.1) is 24.0 Å². The predicted octanol–water partition coefficient (Wildman–Crippen LogP) is 3.12. The van der Waals surface area contributed by atoms with Crippen molar-refractivity contribution in [3.8, 4) is 6.07 Å². The highest BCUT2D eigenvalue weighted by molar-refractivity contribution is 14.0. The lowest BCUT2D eigenvalue weighted by atomic mass is 10.1. The second kappa shape index (κ2) is 13.7. The van der Waals surface area contributed by atoms with Crippen molar-refractivity contribution in [1.29, 1.82) is 5.26 Å². The fourth-order valence-electron chi connectivity index (χ4n) is 3.09. The number of likely N-dealkylation sites (tertiary alicyclic amines) is 1. The van der Waals surface area contributed by atoms with Crippen molar-refractivity contribution in [3.05, 3.63) is 35.4 Å². The fourth-order valence-corrected chi connectivity index (χ4v) is 3.09. The summed E-state index contributed by atoms with van der Waals surface area (Å²) in [6, 6.07) is 10.2. The zero-order valence-electron chi connectivity index (χ0n) is 17.3. The summed E-state index contributed by atoms with van der Waals surface area (Å²) in [5.41, 5.74) is 1.78. The summed E-state index contributed by atoms with van der Waals surface area (Å²) in [7, 11) is 0. The normalized spacial score (nSPS) is 15.8. The number of hydrogen-bond acceptors (Lipinski definition) is 4. The van der Waals surface area contributed by atoms with Gasteiger partial charge in [0, 0.05) is 32.2 Å². The number of benzene rings is 1. The smallest absolute Gasteiger partial charge is 0.191 e. The Hall–Kier alpha value is -1.37. The summed E-state index contributed by atoms with van der Waals surface area (Å²) in [4.78, 5) is 7.17. The number of halogens is 1. The van der Waals surface area contributed by atoms with E-state index in [2.05, 4.69) is 42.4 Å². The molecule has 7 heteroatoms. The zero-order chi connectivity index (χ0) is 19.5. The van der Waals surface area contributed by atoms with Crippen LogP contribution in [0.4, 0.5) is 0 Å². The number of nitriles is 1. The van der Waals surface area contributed by atoms with E-state index in [1.54, 1.807) is 0 Å². The Morgan fingerprint density at radius 2 is 1.96 bits per heavy atom. The second-order valence-corrected chi connectivity index (χ2v) is 7.18.